The average Bonchev–Trinajstić information content (AvgIpc) is 3.39. The van der Waals surface area contributed by atoms with Crippen LogP contribution in [0.2, 0.25) is 5.15 Å². The summed E-state index contributed by atoms with van der Waals surface area (Å²) in [6.45, 7) is 0.560. The van der Waals surface area contributed by atoms with Crippen molar-refractivity contribution in [2.45, 2.75) is 11.8 Å². The molecule has 1 saturated heterocycles. The molecule has 1 N–H and O–H groups in total. The van der Waals surface area contributed by atoms with Gasteiger partial charge in [0, 0.05) is 31.1 Å². The van der Waals surface area contributed by atoms with Gasteiger partial charge in [0.25, 0.3) is 0 Å². The highest BCUT2D eigenvalue weighted by Gasteiger charge is 2.41. The molecule has 1 fully saturated rings. The number of likely N-dealkylation sites (tertiary alicyclic amines) is 1. The van der Waals surface area contributed by atoms with E-state index in [9.17, 15) is 14.7 Å². The summed E-state index contributed by atoms with van der Waals surface area (Å²) in [4.78, 5) is 30.3. The minimum absolute atomic E-state index is 0.0412. The number of carbonyl (C=O) groups is 2. The molecular formula is C25H21ClN2O4. The number of aliphatic carboxylic acids is 1. The maximum atomic E-state index is 12.9. The molecule has 2 atom stereocenters. The molecule has 2 unspecified atom stereocenters. The third kappa shape index (κ3) is 3.60. The van der Waals surface area contributed by atoms with Crippen molar-refractivity contribution in [2.24, 2.45) is 5.92 Å². The Hall–Kier alpha value is -3.38. The van der Waals surface area contributed by atoms with Crippen molar-refractivity contribution in [1.82, 2.24) is 9.88 Å². The fourth-order valence-corrected chi connectivity index (χ4v) is 4.94. The predicted molar refractivity (Wildman–Crippen MR) is 120 cm³/mol. The van der Waals surface area contributed by atoms with Gasteiger partial charge in [-0.25, -0.2) is 9.78 Å². The number of hydrogen-bond acceptors (Lipinski definition) is 4. The van der Waals surface area contributed by atoms with Crippen molar-refractivity contribution in [2.75, 3.05) is 19.7 Å². The summed E-state index contributed by atoms with van der Waals surface area (Å²) in [5, 5.41) is 10.0. The second-order valence-electron chi connectivity index (χ2n) is 8.17. The van der Waals surface area contributed by atoms with Gasteiger partial charge in [0.2, 0.25) is 0 Å². The van der Waals surface area contributed by atoms with E-state index in [2.05, 4.69) is 29.2 Å². The van der Waals surface area contributed by atoms with Crippen molar-refractivity contribution in [3.8, 4) is 11.1 Å². The summed E-state index contributed by atoms with van der Waals surface area (Å²) in [5.74, 6) is -2.07. The molecule has 2 aromatic carbocycles. The molecule has 162 valence electrons. The van der Waals surface area contributed by atoms with Crippen LogP contribution in [-0.4, -0.2) is 46.7 Å². The van der Waals surface area contributed by atoms with Crippen molar-refractivity contribution >= 4 is 23.7 Å². The van der Waals surface area contributed by atoms with Crippen molar-refractivity contribution in [1.29, 1.82) is 0 Å². The fraction of sp³-hybridized carbons (Fsp3) is 0.240. The van der Waals surface area contributed by atoms with E-state index in [4.69, 9.17) is 16.3 Å². The molecule has 0 spiro atoms. The topological polar surface area (TPSA) is 79.7 Å². The monoisotopic (exact) mass is 448 g/mol. The van der Waals surface area contributed by atoms with Crippen LogP contribution in [0.3, 0.4) is 0 Å². The number of rotatable bonds is 4. The number of nitrogens with zero attached hydrogens (tertiary/aromatic N) is 2. The van der Waals surface area contributed by atoms with Crippen LogP contribution >= 0.6 is 11.6 Å². The Labute approximate surface area is 190 Å². The zero-order chi connectivity index (χ0) is 22.2. The van der Waals surface area contributed by atoms with Crippen LogP contribution in [0.4, 0.5) is 4.79 Å². The number of benzene rings is 2. The molecule has 7 heteroatoms. The zero-order valence-corrected chi connectivity index (χ0v) is 17.9. The highest BCUT2D eigenvalue weighted by molar-refractivity contribution is 6.29. The van der Waals surface area contributed by atoms with E-state index in [1.807, 2.05) is 24.3 Å². The molecule has 0 bridgehead atoms. The Bertz CT molecular complexity index is 1140. The standard InChI is InChI=1S/C25H21ClN2O4/c26-23-10-9-15(11-27-23)20-12-28(13-21(20)24(29)30)25(31)32-14-22-18-7-3-1-5-16(18)17-6-2-4-8-19(17)22/h1-11,20-22H,12-14H2,(H,29,30). The molecule has 0 saturated carbocycles. The van der Waals surface area contributed by atoms with Crippen LogP contribution in [0.15, 0.2) is 66.9 Å². The molecule has 2 heterocycles. The molecule has 1 aliphatic heterocycles. The lowest BCUT2D eigenvalue weighted by Crippen LogP contribution is -2.31. The summed E-state index contributed by atoms with van der Waals surface area (Å²) in [5.41, 5.74) is 5.33. The van der Waals surface area contributed by atoms with E-state index < -0.39 is 18.0 Å². The van der Waals surface area contributed by atoms with Crippen molar-refractivity contribution in [3.05, 3.63) is 88.7 Å². The first-order chi connectivity index (χ1) is 15.5. The van der Waals surface area contributed by atoms with Gasteiger partial charge in [0.05, 0.1) is 5.92 Å². The van der Waals surface area contributed by atoms with Gasteiger partial charge in [-0.2, -0.15) is 0 Å². The molecule has 1 aromatic heterocycles. The second kappa shape index (κ2) is 8.28. The fourth-order valence-electron chi connectivity index (χ4n) is 4.83. The van der Waals surface area contributed by atoms with Crippen LogP contribution in [0, 0.1) is 5.92 Å². The van der Waals surface area contributed by atoms with Gasteiger partial charge in [-0.15, -0.1) is 0 Å². The van der Waals surface area contributed by atoms with Gasteiger partial charge in [-0.3, -0.25) is 4.79 Å². The molecule has 6 nitrogen and oxygen atoms in total. The van der Waals surface area contributed by atoms with E-state index in [0.29, 0.717) is 5.15 Å². The Morgan fingerprint density at radius 1 is 1.00 bits per heavy atom. The van der Waals surface area contributed by atoms with Crippen LogP contribution in [0.1, 0.15) is 28.5 Å². The Morgan fingerprint density at radius 3 is 2.25 bits per heavy atom. The number of carbonyl (C=O) groups excluding carboxylic acids is 1. The average molecular weight is 449 g/mol. The number of fused-ring (bicyclic) bond motifs is 3. The number of amides is 1. The largest absolute Gasteiger partial charge is 0.481 e. The van der Waals surface area contributed by atoms with Crippen molar-refractivity contribution < 1.29 is 19.4 Å². The van der Waals surface area contributed by atoms with Crippen LogP contribution in [0.25, 0.3) is 11.1 Å². The SMILES string of the molecule is O=C(O)C1CN(C(=O)OCC2c3ccccc3-c3ccccc32)CC1c1ccc(Cl)nc1. The first kappa shape index (κ1) is 20.5. The molecule has 1 amide bonds. The molecule has 5 rings (SSSR count). The second-order valence-corrected chi connectivity index (χ2v) is 8.56. The molecule has 1 aliphatic carbocycles. The van der Waals surface area contributed by atoms with Gasteiger partial charge >= 0.3 is 12.1 Å². The smallest absolute Gasteiger partial charge is 0.409 e. The van der Waals surface area contributed by atoms with E-state index in [0.717, 1.165) is 27.8 Å². The van der Waals surface area contributed by atoms with Gasteiger partial charge in [0.1, 0.15) is 11.8 Å². The van der Waals surface area contributed by atoms with Crippen molar-refractivity contribution in [3.63, 3.8) is 0 Å². The number of pyridine rings is 1. The number of carboxylic acid groups (broad SMARTS) is 1. The number of halogens is 1. The van der Waals surface area contributed by atoms with E-state index >= 15 is 0 Å². The van der Waals surface area contributed by atoms with Crippen LogP contribution in [-0.2, 0) is 9.53 Å². The number of hydrogen-bond donors (Lipinski definition) is 1. The Kier molecular flexibility index (Phi) is 5.31. The third-order valence-corrected chi connectivity index (χ3v) is 6.63. The van der Waals surface area contributed by atoms with Gasteiger partial charge < -0.3 is 14.7 Å². The maximum absolute atomic E-state index is 12.9. The molecule has 3 aromatic rings. The Morgan fingerprint density at radius 2 is 1.66 bits per heavy atom. The summed E-state index contributed by atoms with van der Waals surface area (Å²) in [7, 11) is 0. The molecule has 32 heavy (non-hydrogen) atoms. The van der Waals surface area contributed by atoms with Gasteiger partial charge in [-0.1, -0.05) is 66.2 Å². The summed E-state index contributed by atoms with van der Waals surface area (Å²) in [6.07, 6.45) is 1.08. The number of ether oxygens (including phenoxy) is 1. The molecular weight excluding hydrogens is 428 g/mol. The first-order valence-electron chi connectivity index (χ1n) is 10.5. The third-order valence-electron chi connectivity index (χ3n) is 6.41. The quantitative estimate of drug-likeness (QED) is 0.581. The molecule has 2 aliphatic rings. The van der Waals surface area contributed by atoms with Gasteiger partial charge in [-0.05, 0) is 33.9 Å². The minimum Gasteiger partial charge on any atom is -0.481 e. The lowest BCUT2D eigenvalue weighted by Gasteiger charge is -2.19. The summed E-state index contributed by atoms with van der Waals surface area (Å²) < 4.78 is 5.71. The zero-order valence-electron chi connectivity index (χ0n) is 17.1. The Balaban J connectivity index is 1.32. The number of carboxylic acids is 1. The number of aromatic nitrogens is 1. The van der Waals surface area contributed by atoms with E-state index in [-0.39, 0.29) is 31.5 Å². The lowest BCUT2D eigenvalue weighted by molar-refractivity contribution is -0.141. The van der Waals surface area contributed by atoms with Gasteiger partial charge in [0.15, 0.2) is 0 Å². The first-order valence-corrected chi connectivity index (χ1v) is 10.8. The van der Waals surface area contributed by atoms with Crippen LogP contribution in [0.5, 0.6) is 0 Å². The maximum Gasteiger partial charge on any atom is 0.409 e. The highest BCUT2D eigenvalue weighted by atomic mass is 35.5. The lowest BCUT2D eigenvalue weighted by atomic mass is 9.90. The van der Waals surface area contributed by atoms with E-state index in [1.54, 1.807) is 18.3 Å². The van der Waals surface area contributed by atoms with E-state index in [1.165, 1.54) is 4.90 Å². The summed E-state index contributed by atoms with van der Waals surface area (Å²) >= 11 is 5.86. The predicted octanol–water partition coefficient (Wildman–Crippen LogP) is 4.78. The van der Waals surface area contributed by atoms with Crippen LogP contribution < -0.4 is 0 Å². The summed E-state index contributed by atoms with van der Waals surface area (Å²) in [6, 6.07) is 19.7. The highest BCUT2D eigenvalue weighted by Crippen LogP contribution is 2.44. The minimum atomic E-state index is -0.945. The normalized spacial score (nSPS) is 19.5. The molecule has 0 radical (unpaired) electrons.